The minimum absolute atomic E-state index is 0.00121. The summed E-state index contributed by atoms with van der Waals surface area (Å²) < 4.78 is 13.5. The number of benzene rings is 2. The van der Waals surface area contributed by atoms with Crippen molar-refractivity contribution >= 4 is 23.6 Å². The van der Waals surface area contributed by atoms with Gasteiger partial charge in [-0.1, -0.05) is 45.0 Å². The van der Waals surface area contributed by atoms with Crippen molar-refractivity contribution < 1.29 is 14.0 Å². The first kappa shape index (κ1) is 18.2. The lowest BCUT2D eigenvalue weighted by atomic mass is 9.87. The topological polar surface area (TPSA) is 46.2 Å². The first-order valence-corrected chi connectivity index (χ1v) is 8.58. The van der Waals surface area contributed by atoms with Crippen molar-refractivity contribution in [3.63, 3.8) is 0 Å². The molecule has 1 N–H and O–H groups in total. The highest BCUT2D eigenvalue weighted by molar-refractivity contribution is 8.00. The number of nitrogens with one attached hydrogen (secondary N) is 1. The molecule has 0 spiro atoms. The standard InChI is InChI=1S/C19H20FNO2S/c1-19(2,3)14-10-8-13(9-11-14)18(23)21-17(22)12-24-16-7-5-4-6-15(16)20/h4-11H,12H2,1-3H3,(H,21,22,23). The molecule has 0 bridgehead atoms. The molecular formula is C19H20FNO2S. The van der Waals surface area contributed by atoms with E-state index in [1.54, 1.807) is 30.3 Å². The maximum absolute atomic E-state index is 13.5. The summed E-state index contributed by atoms with van der Waals surface area (Å²) in [7, 11) is 0. The number of carbonyl (C=O) groups excluding carboxylic acids is 2. The van der Waals surface area contributed by atoms with Gasteiger partial charge >= 0.3 is 0 Å². The van der Waals surface area contributed by atoms with Crippen molar-refractivity contribution in [1.82, 2.24) is 5.32 Å². The zero-order valence-corrected chi connectivity index (χ0v) is 14.7. The van der Waals surface area contributed by atoms with Gasteiger partial charge in [-0.25, -0.2) is 4.39 Å². The predicted octanol–water partition coefficient (Wildman–Crippen LogP) is 4.17. The third kappa shape index (κ3) is 4.93. The zero-order chi connectivity index (χ0) is 17.7. The first-order chi connectivity index (χ1) is 11.3. The highest BCUT2D eigenvalue weighted by atomic mass is 32.2. The SMILES string of the molecule is CC(C)(C)c1ccc(C(=O)NC(=O)CSc2ccccc2F)cc1. The van der Waals surface area contributed by atoms with Crippen molar-refractivity contribution in [2.75, 3.05) is 5.75 Å². The maximum Gasteiger partial charge on any atom is 0.257 e. The Morgan fingerprint density at radius 2 is 1.67 bits per heavy atom. The van der Waals surface area contributed by atoms with Crippen LogP contribution < -0.4 is 5.32 Å². The van der Waals surface area contributed by atoms with Gasteiger partial charge in [-0.15, -0.1) is 11.8 Å². The van der Waals surface area contributed by atoms with E-state index < -0.39 is 11.8 Å². The Hall–Kier alpha value is -2.14. The van der Waals surface area contributed by atoms with Gasteiger partial charge in [0.1, 0.15) is 5.82 Å². The predicted molar refractivity (Wildman–Crippen MR) is 94.7 cm³/mol. The van der Waals surface area contributed by atoms with E-state index in [1.807, 2.05) is 12.1 Å². The quantitative estimate of drug-likeness (QED) is 0.846. The lowest BCUT2D eigenvalue weighted by molar-refractivity contribution is -0.117. The molecule has 5 heteroatoms. The average molecular weight is 345 g/mol. The molecule has 2 aromatic carbocycles. The number of amides is 2. The van der Waals surface area contributed by atoms with Crippen LogP contribution in [0.1, 0.15) is 36.7 Å². The Morgan fingerprint density at radius 3 is 2.25 bits per heavy atom. The zero-order valence-electron chi connectivity index (χ0n) is 13.9. The molecule has 0 saturated carbocycles. The van der Waals surface area contributed by atoms with E-state index in [-0.39, 0.29) is 17.0 Å². The second-order valence-corrected chi connectivity index (χ2v) is 7.44. The Morgan fingerprint density at radius 1 is 1.04 bits per heavy atom. The van der Waals surface area contributed by atoms with Crippen LogP contribution in [0.4, 0.5) is 4.39 Å². The van der Waals surface area contributed by atoms with E-state index in [1.165, 1.54) is 6.07 Å². The number of halogens is 1. The lowest BCUT2D eigenvalue weighted by Gasteiger charge is -2.19. The Labute approximate surface area is 145 Å². The molecule has 0 unspecified atom stereocenters. The minimum Gasteiger partial charge on any atom is -0.292 e. The highest BCUT2D eigenvalue weighted by Gasteiger charge is 2.15. The second-order valence-electron chi connectivity index (χ2n) is 6.42. The van der Waals surface area contributed by atoms with Crippen LogP contribution >= 0.6 is 11.8 Å². The van der Waals surface area contributed by atoms with Gasteiger partial charge in [0.25, 0.3) is 5.91 Å². The molecule has 0 radical (unpaired) electrons. The summed E-state index contributed by atoms with van der Waals surface area (Å²) in [6.07, 6.45) is 0. The molecule has 2 rings (SSSR count). The average Bonchev–Trinajstić information content (AvgIpc) is 2.53. The van der Waals surface area contributed by atoms with Crippen LogP contribution in [-0.2, 0) is 10.2 Å². The molecule has 0 fully saturated rings. The van der Waals surface area contributed by atoms with Crippen molar-refractivity contribution in [2.24, 2.45) is 0 Å². The van der Waals surface area contributed by atoms with E-state index in [0.29, 0.717) is 10.5 Å². The number of hydrogen-bond acceptors (Lipinski definition) is 3. The molecular weight excluding hydrogens is 325 g/mol. The van der Waals surface area contributed by atoms with Crippen LogP contribution in [-0.4, -0.2) is 17.6 Å². The third-order valence-electron chi connectivity index (χ3n) is 3.46. The van der Waals surface area contributed by atoms with Crippen molar-refractivity contribution in [1.29, 1.82) is 0 Å². The summed E-state index contributed by atoms with van der Waals surface area (Å²) in [5.41, 5.74) is 1.54. The molecule has 126 valence electrons. The molecule has 0 aromatic heterocycles. The van der Waals surface area contributed by atoms with Crippen LogP contribution in [0.15, 0.2) is 53.4 Å². The third-order valence-corrected chi connectivity index (χ3v) is 4.51. The van der Waals surface area contributed by atoms with Crippen molar-refractivity contribution in [3.05, 3.63) is 65.5 Å². The van der Waals surface area contributed by atoms with Crippen LogP contribution in [0.2, 0.25) is 0 Å². The molecule has 0 heterocycles. The van der Waals surface area contributed by atoms with Gasteiger partial charge in [-0.3, -0.25) is 14.9 Å². The van der Waals surface area contributed by atoms with Crippen molar-refractivity contribution in [2.45, 2.75) is 31.1 Å². The van der Waals surface area contributed by atoms with Crippen molar-refractivity contribution in [3.8, 4) is 0 Å². The molecule has 24 heavy (non-hydrogen) atoms. The summed E-state index contributed by atoms with van der Waals surface area (Å²) >= 11 is 1.06. The molecule has 0 aliphatic heterocycles. The fourth-order valence-electron chi connectivity index (χ4n) is 2.06. The molecule has 2 aromatic rings. The van der Waals surface area contributed by atoms with Gasteiger partial charge in [0, 0.05) is 10.5 Å². The van der Waals surface area contributed by atoms with E-state index in [0.717, 1.165) is 17.3 Å². The molecule has 0 saturated heterocycles. The van der Waals surface area contributed by atoms with Gasteiger partial charge in [0.05, 0.1) is 5.75 Å². The van der Waals surface area contributed by atoms with E-state index in [9.17, 15) is 14.0 Å². The normalized spacial score (nSPS) is 11.2. The van der Waals surface area contributed by atoms with Gasteiger partial charge in [-0.05, 0) is 35.2 Å². The summed E-state index contributed by atoms with van der Waals surface area (Å²) in [4.78, 5) is 24.3. The number of thioether (sulfide) groups is 1. The number of carbonyl (C=O) groups is 2. The van der Waals surface area contributed by atoms with Crippen LogP contribution in [0, 0.1) is 5.82 Å². The molecule has 3 nitrogen and oxygen atoms in total. The summed E-state index contributed by atoms with van der Waals surface area (Å²) in [5, 5.41) is 2.32. The van der Waals surface area contributed by atoms with E-state index >= 15 is 0 Å². The molecule has 2 amide bonds. The minimum atomic E-state index is -0.451. The molecule has 0 atom stereocenters. The smallest absolute Gasteiger partial charge is 0.257 e. The Bertz CT molecular complexity index is 736. The Kier molecular flexibility index (Phi) is 5.78. The first-order valence-electron chi connectivity index (χ1n) is 7.59. The van der Waals surface area contributed by atoms with Crippen LogP contribution in [0.5, 0.6) is 0 Å². The molecule has 0 aliphatic rings. The molecule has 0 aliphatic carbocycles. The van der Waals surface area contributed by atoms with E-state index in [2.05, 4.69) is 26.1 Å². The Balaban J connectivity index is 1.92. The summed E-state index contributed by atoms with van der Waals surface area (Å²) in [5.74, 6) is -1.30. The van der Waals surface area contributed by atoms with Crippen LogP contribution in [0.25, 0.3) is 0 Å². The number of hydrogen-bond donors (Lipinski definition) is 1. The summed E-state index contributed by atoms with van der Waals surface area (Å²) in [6.45, 7) is 6.27. The summed E-state index contributed by atoms with van der Waals surface area (Å²) in [6, 6.07) is 13.4. The highest BCUT2D eigenvalue weighted by Crippen LogP contribution is 2.22. The second kappa shape index (κ2) is 7.62. The maximum atomic E-state index is 13.5. The van der Waals surface area contributed by atoms with Crippen LogP contribution in [0.3, 0.4) is 0 Å². The van der Waals surface area contributed by atoms with Gasteiger partial charge in [0.15, 0.2) is 0 Å². The number of rotatable bonds is 4. The lowest BCUT2D eigenvalue weighted by Crippen LogP contribution is -2.31. The fourth-order valence-corrected chi connectivity index (χ4v) is 2.80. The monoisotopic (exact) mass is 345 g/mol. The van der Waals surface area contributed by atoms with Gasteiger partial charge in [-0.2, -0.15) is 0 Å². The van der Waals surface area contributed by atoms with E-state index in [4.69, 9.17) is 0 Å². The number of imide groups is 1. The van der Waals surface area contributed by atoms with Gasteiger partial charge < -0.3 is 0 Å². The largest absolute Gasteiger partial charge is 0.292 e. The van der Waals surface area contributed by atoms with Gasteiger partial charge in [0.2, 0.25) is 5.91 Å². The fraction of sp³-hybridized carbons (Fsp3) is 0.263.